The van der Waals surface area contributed by atoms with Crippen LogP contribution in [0.5, 0.6) is 5.75 Å². The van der Waals surface area contributed by atoms with Crippen molar-refractivity contribution in [2.24, 2.45) is 5.92 Å². The van der Waals surface area contributed by atoms with Crippen LogP contribution in [0.4, 0.5) is 5.00 Å². The fourth-order valence-electron chi connectivity index (χ4n) is 2.66. The molecule has 0 radical (unpaired) electrons. The van der Waals surface area contributed by atoms with Crippen LogP contribution in [0, 0.1) is 12.8 Å². The molecule has 0 aliphatic carbocycles. The van der Waals surface area contributed by atoms with Crippen molar-refractivity contribution in [1.82, 2.24) is 9.69 Å². The van der Waals surface area contributed by atoms with Crippen LogP contribution in [0.3, 0.4) is 0 Å². The smallest absolute Gasteiger partial charge is 0.256 e. The lowest BCUT2D eigenvalue weighted by molar-refractivity contribution is 0.0939. The average molecular weight is 317 g/mol. The van der Waals surface area contributed by atoms with Crippen LogP contribution in [-0.2, 0) is 6.42 Å². The number of rotatable bonds is 4. The van der Waals surface area contributed by atoms with Crippen molar-refractivity contribution in [2.45, 2.75) is 13.3 Å². The zero-order valence-corrected chi connectivity index (χ0v) is 13.5. The van der Waals surface area contributed by atoms with E-state index in [4.69, 9.17) is 4.74 Å². The normalized spacial score (nSPS) is 16.5. The molecule has 1 aromatic carbocycles. The Bertz CT molecular complexity index is 684. The highest BCUT2D eigenvalue weighted by Crippen LogP contribution is 2.27. The topological polar surface area (TPSA) is 63.2 Å². The number of carbonyl (C=O) groups excluding carboxylic acids is 1. The summed E-state index contributed by atoms with van der Waals surface area (Å²) in [6, 6.07) is 8.06. The van der Waals surface area contributed by atoms with Gasteiger partial charge in [0.25, 0.3) is 5.91 Å². The third-order valence-electron chi connectivity index (χ3n) is 3.82. The van der Waals surface area contributed by atoms with Crippen LogP contribution in [0.1, 0.15) is 21.6 Å². The molecule has 116 valence electrons. The van der Waals surface area contributed by atoms with E-state index in [2.05, 4.69) is 21.1 Å². The molecule has 0 bridgehead atoms. The van der Waals surface area contributed by atoms with Crippen LogP contribution in [0.25, 0.3) is 0 Å². The van der Waals surface area contributed by atoms with Crippen molar-refractivity contribution in [3.63, 3.8) is 0 Å². The SMILES string of the molecule is CNc1snc(C)c1C(=O)NCC1COc2ccccc2C1. The van der Waals surface area contributed by atoms with Crippen LogP contribution < -0.4 is 15.4 Å². The minimum absolute atomic E-state index is 0.0746. The average Bonchev–Trinajstić information content (AvgIpc) is 2.93. The van der Waals surface area contributed by atoms with Crippen LogP contribution >= 0.6 is 11.5 Å². The Morgan fingerprint density at radius 2 is 2.27 bits per heavy atom. The molecule has 1 aromatic heterocycles. The molecule has 0 saturated carbocycles. The summed E-state index contributed by atoms with van der Waals surface area (Å²) in [4.78, 5) is 12.4. The van der Waals surface area contributed by atoms with Gasteiger partial charge in [-0.1, -0.05) is 18.2 Å². The molecule has 1 aliphatic rings. The van der Waals surface area contributed by atoms with E-state index < -0.39 is 0 Å². The van der Waals surface area contributed by atoms with Crippen molar-refractivity contribution in [3.05, 3.63) is 41.1 Å². The summed E-state index contributed by atoms with van der Waals surface area (Å²) in [5, 5.41) is 6.83. The summed E-state index contributed by atoms with van der Waals surface area (Å²) in [6.45, 7) is 3.09. The molecule has 0 spiro atoms. The van der Waals surface area contributed by atoms with E-state index in [1.165, 1.54) is 17.1 Å². The fourth-order valence-corrected chi connectivity index (χ4v) is 3.40. The molecular formula is C16H19N3O2S. The molecule has 1 unspecified atom stereocenters. The highest BCUT2D eigenvalue weighted by molar-refractivity contribution is 7.10. The fraction of sp³-hybridized carbons (Fsp3) is 0.375. The molecule has 5 nitrogen and oxygen atoms in total. The quantitative estimate of drug-likeness (QED) is 0.909. The van der Waals surface area contributed by atoms with E-state index >= 15 is 0 Å². The maximum Gasteiger partial charge on any atom is 0.256 e. The van der Waals surface area contributed by atoms with Gasteiger partial charge in [-0.25, -0.2) is 0 Å². The summed E-state index contributed by atoms with van der Waals surface area (Å²) < 4.78 is 9.98. The van der Waals surface area contributed by atoms with Gasteiger partial charge in [-0.3, -0.25) is 4.79 Å². The first-order valence-electron chi connectivity index (χ1n) is 7.32. The van der Waals surface area contributed by atoms with E-state index in [-0.39, 0.29) is 5.91 Å². The van der Waals surface area contributed by atoms with Crippen molar-refractivity contribution in [3.8, 4) is 5.75 Å². The number of fused-ring (bicyclic) bond motifs is 1. The van der Waals surface area contributed by atoms with Gasteiger partial charge in [-0.15, -0.1) is 0 Å². The van der Waals surface area contributed by atoms with Gasteiger partial charge >= 0.3 is 0 Å². The molecule has 1 amide bonds. The Balaban J connectivity index is 1.62. The maximum atomic E-state index is 12.4. The molecule has 2 N–H and O–H groups in total. The molecule has 0 fully saturated rings. The van der Waals surface area contributed by atoms with Gasteiger partial charge in [0.05, 0.1) is 17.9 Å². The standard InChI is InChI=1S/C16H19N3O2S/c1-10-14(16(17-2)22-19-10)15(20)18-8-11-7-12-5-3-4-6-13(12)21-9-11/h3-6,11,17H,7-9H2,1-2H3,(H,18,20). The number of carbonyl (C=O) groups is 1. The number of nitrogens with one attached hydrogen (secondary N) is 2. The Morgan fingerprint density at radius 3 is 3.09 bits per heavy atom. The summed E-state index contributed by atoms with van der Waals surface area (Å²) in [7, 11) is 1.80. The molecule has 2 heterocycles. The minimum Gasteiger partial charge on any atom is -0.493 e. The Hall–Kier alpha value is -2.08. The van der Waals surface area contributed by atoms with E-state index in [0.29, 0.717) is 24.6 Å². The summed E-state index contributed by atoms with van der Waals surface area (Å²) in [5.74, 6) is 1.18. The van der Waals surface area contributed by atoms with Crippen LogP contribution in [0.2, 0.25) is 0 Å². The molecule has 1 aliphatic heterocycles. The number of amides is 1. The van der Waals surface area contributed by atoms with E-state index in [1.54, 1.807) is 7.05 Å². The number of hydrogen-bond acceptors (Lipinski definition) is 5. The first-order valence-corrected chi connectivity index (χ1v) is 8.09. The predicted molar refractivity (Wildman–Crippen MR) is 87.9 cm³/mol. The summed E-state index contributed by atoms with van der Waals surface area (Å²) in [5.41, 5.74) is 2.61. The second kappa shape index (κ2) is 6.36. The number of hydrogen-bond donors (Lipinski definition) is 2. The number of nitrogens with zero attached hydrogens (tertiary/aromatic N) is 1. The minimum atomic E-state index is -0.0746. The van der Waals surface area contributed by atoms with Gasteiger partial charge < -0.3 is 15.4 Å². The predicted octanol–water partition coefficient (Wildman–Crippen LogP) is 2.47. The summed E-state index contributed by atoms with van der Waals surface area (Å²) in [6.07, 6.45) is 0.927. The lowest BCUT2D eigenvalue weighted by atomic mass is 9.96. The highest BCUT2D eigenvalue weighted by Gasteiger charge is 2.22. The van der Waals surface area contributed by atoms with Gasteiger partial charge in [-0.2, -0.15) is 4.37 Å². The third kappa shape index (κ3) is 2.92. The third-order valence-corrected chi connectivity index (χ3v) is 4.78. The number of aromatic nitrogens is 1. The lowest BCUT2D eigenvalue weighted by Gasteiger charge is -2.25. The van der Waals surface area contributed by atoms with E-state index in [0.717, 1.165) is 22.9 Å². The molecule has 1 atom stereocenters. The van der Waals surface area contributed by atoms with E-state index in [9.17, 15) is 4.79 Å². The molecular weight excluding hydrogens is 298 g/mol. The van der Waals surface area contributed by atoms with Crippen molar-refractivity contribution >= 4 is 22.4 Å². The summed E-state index contributed by atoms with van der Waals surface area (Å²) >= 11 is 1.31. The van der Waals surface area contributed by atoms with Gasteiger partial charge in [0.15, 0.2) is 0 Å². The van der Waals surface area contributed by atoms with Crippen molar-refractivity contribution < 1.29 is 9.53 Å². The Kier molecular flexibility index (Phi) is 4.29. The molecule has 2 aromatic rings. The second-order valence-electron chi connectivity index (χ2n) is 5.42. The van der Waals surface area contributed by atoms with Gasteiger partial charge in [0.2, 0.25) is 0 Å². The van der Waals surface area contributed by atoms with Gasteiger partial charge in [0.1, 0.15) is 10.8 Å². The van der Waals surface area contributed by atoms with Crippen molar-refractivity contribution in [2.75, 3.05) is 25.5 Å². The number of aryl methyl sites for hydroxylation is 1. The first kappa shape index (κ1) is 14.8. The largest absolute Gasteiger partial charge is 0.493 e. The second-order valence-corrected chi connectivity index (χ2v) is 6.19. The number of ether oxygens (including phenoxy) is 1. The number of anilines is 1. The van der Waals surface area contributed by atoms with Crippen molar-refractivity contribution in [1.29, 1.82) is 0 Å². The number of benzene rings is 1. The molecule has 22 heavy (non-hydrogen) atoms. The first-order chi connectivity index (χ1) is 10.7. The number of para-hydroxylation sites is 1. The van der Waals surface area contributed by atoms with Crippen LogP contribution in [-0.4, -0.2) is 30.5 Å². The molecule has 3 rings (SSSR count). The van der Waals surface area contributed by atoms with Gasteiger partial charge in [0, 0.05) is 19.5 Å². The highest BCUT2D eigenvalue weighted by atomic mass is 32.1. The monoisotopic (exact) mass is 317 g/mol. The zero-order valence-electron chi connectivity index (χ0n) is 12.7. The lowest BCUT2D eigenvalue weighted by Crippen LogP contribution is -2.35. The van der Waals surface area contributed by atoms with E-state index in [1.807, 2.05) is 25.1 Å². The zero-order chi connectivity index (χ0) is 15.5. The van der Waals surface area contributed by atoms with Gasteiger partial charge in [-0.05, 0) is 36.5 Å². The maximum absolute atomic E-state index is 12.4. The molecule has 0 saturated heterocycles. The Labute approximate surface area is 133 Å². The Morgan fingerprint density at radius 1 is 1.45 bits per heavy atom. The molecule has 6 heteroatoms. The van der Waals surface area contributed by atoms with Crippen LogP contribution in [0.15, 0.2) is 24.3 Å².